The Labute approximate surface area is 72.8 Å². The molecule has 0 saturated carbocycles. The number of halogens is 2. The molecular weight excluding hydrogens is 182 g/mol. The van der Waals surface area contributed by atoms with E-state index in [1.165, 1.54) is 12.3 Å². The lowest BCUT2D eigenvalue weighted by Gasteiger charge is -2.02. The first-order chi connectivity index (χ1) is 6.11. The van der Waals surface area contributed by atoms with Crippen molar-refractivity contribution in [2.45, 2.75) is 19.4 Å². The van der Waals surface area contributed by atoms with Gasteiger partial charge in [-0.25, -0.2) is 13.6 Å². The second kappa shape index (κ2) is 3.97. The summed E-state index contributed by atoms with van der Waals surface area (Å²) in [6, 6.07) is 1.27. The predicted molar refractivity (Wildman–Crippen MR) is 39.8 cm³/mol. The van der Waals surface area contributed by atoms with Crippen LogP contribution in [0.4, 0.5) is 8.78 Å². The van der Waals surface area contributed by atoms with Crippen LogP contribution in [0.2, 0.25) is 0 Å². The van der Waals surface area contributed by atoms with E-state index in [1.54, 1.807) is 0 Å². The summed E-state index contributed by atoms with van der Waals surface area (Å²) in [5, 5.41) is 12.2. The minimum Gasteiger partial charge on any atom is -0.477 e. The number of nitrogens with zero attached hydrogens (tertiary/aromatic N) is 2. The van der Waals surface area contributed by atoms with E-state index >= 15 is 0 Å². The third-order valence-corrected chi connectivity index (χ3v) is 1.49. The predicted octanol–water partition coefficient (Wildman–Crippen LogP) is 1.24. The summed E-state index contributed by atoms with van der Waals surface area (Å²) in [6.07, 6.45) is -1.55. The normalized spacial score (nSPS) is 10.7. The Bertz CT molecular complexity index is 298. The zero-order valence-corrected chi connectivity index (χ0v) is 6.65. The van der Waals surface area contributed by atoms with Gasteiger partial charge in [0.25, 0.3) is 0 Å². The van der Waals surface area contributed by atoms with E-state index in [9.17, 15) is 13.6 Å². The van der Waals surface area contributed by atoms with Crippen LogP contribution in [0, 0.1) is 0 Å². The zero-order chi connectivity index (χ0) is 9.84. The van der Waals surface area contributed by atoms with Gasteiger partial charge in [0.2, 0.25) is 6.43 Å². The van der Waals surface area contributed by atoms with Gasteiger partial charge in [0.1, 0.15) is 5.69 Å². The van der Waals surface area contributed by atoms with Gasteiger partial charge in [-0.05, 0) is 6.07 Å². The van der Waals surface area contributed by atoms with Crippen molar-refractivity contribution in [3.63, 3.8) is 0 Å². The first-order valence-electron chi connectivity index (χ1n) is 3.64. The van der Waals surface area contributed by atoms with E-state index in [-0.39, 0.29) is 18.7 Å². The maximum atomic E-state index is 11.8. The standard InChI is InChI=1S/C7H8F2N2O2/c8-6(9)2-4-11-5(7(12)13)1-3-10-11/h1,3,6H,2,4H2,(H,12,13). The first kappa shape index (κ1) is 9.63. The van der Waals surface area contributed by atoms with E-state index in [0.717, 1.165) is 4.68 Å². The Kier molecular flexibility index (Phi) is 2.94. The van der Waals surface area contributed by atoms with Crippen LogP contribution in [0.3, 0.4) is 0 Å². The molecule has 0 aliphatic rings. The Morgan fingerprint density at radius 1 is 1.69 bits per heavy atom. The minimum atomic E-state index is -2.44. The average Bonchev–Trinajstić information content (AvgIpc) is 2.47. The molecule has 4 nitrogen and oxygen atoms in total. The van der Waals surface area contributed by atoms with Gasteiger partial charge in [-0.2, -0.15) is 5.10 Å². The number of carboxylic acids is 1. The lowest BCUT2D eigenvalue weighted by Crippen LogP contribution is -2.11. The summed E-state index contributed by atoms with van der Waals surface area (Å²) in [5.74, 6) is -1.16. The number of hydrogen-bond acceptors (Lipinski definition) is 2. The van der Waals surface area contributed by atoms with Gasteiger partial charge < -0.3 is 5.11 Å². The smallest absolute Gasteiger partial charge is 0.354 e. The van der Waals surface area contributed by atoms with Gasteiger partial charge in [-0.1, -0.05) is 0 Å². The Morgan fingerprint density at radius 3 is 2.92 bits per heavy atom. The summed E-state index contributed by atoms with van der Waals surface area (Å²) in [7, 11) is 0. The summed E-state index contributed by atoms with van der Waals surface area (Å²) >= 11 is 0. The van der Waals surface area contributed by atoms with E-state index in [2.05, 4.69) is 5.10 Å². The number of aromatic carboxylic acids is 1. The lowest BCUT2D eigenvalue weighted by molar-refractivity contribution is 0.0678. The molecule has 0 radical (unpaired) electrons. The monoisotopic (exact) mass is 190 g/mol. The minimum absolute atomic E-state index is 0.0688. The maximum absolute atomic E-state index is 11.8. The third kappa shape index (κ3) is 2.50. The van der Waals surface area contributed by atoms with E-state index in [4.69, 9.17) is 5.11 Å². The van der Waals surface area contributed by atoms with Crippen molar-refractivity contribution in [2.24, 2.45) is 0 Å². The highest BCUT2D eigenvalue weighted by Crippen LogP contribution is 2.04. The molecule has 1 N–H and O–H groups in total. The Hall–Kier alpha value is -1.46. The molecule has 1 heterocycles. The van der Waals surface area contributed by atoms with Gasteiger partial charge in [0.05, 0.1) is 0 Å². The molecule has 0 aliphatic carbocycles. The van der Waals surface area contributed by atoms with Gasteiger partial charge in [-0.3, -0.25) is 4.68 Å². The topological polar surface area (TPSA) is 55.1 Å². The summed E-state index contributed by atoms with van der Waals surface area (Å²) in [5.41, 5.74) is -0.0688. The molecule has 72 valence electrons. The second-order valence-electron chi connectivity index (χ2n) is 2.42. The molecule has 0 atom stereocenters. The second-order valence-corrected chi connectivity index (χ2v) is 2.42. The van der Waals surface area contributed by atoms with Gasteiger partial charge in [0.15, 0.2) is 0 Å². The molecule has 0 aromatic carbocycles. The molecule has 0 fully saturated rings. The van der Waals surface area contributed by atoms with E-state index < -0.39 is 12.4 Å². The number of alkyl halides is 2. The van der Waals surface area contributed by atoms with Gasteiger partial charge in [-0.15, -0.1) is 0 Å². The molecule has 1 rings (SSSR count). The van der Waals surface area contributed by atoms with Crippen LogP contribution >= 0.6 is 0 Å². The van der Waals surface area contributed by atoms with Crippen LogP contribution in [-0.2, 0) is 6.54 Å². The van der Waals surface area contributed by atoms with Crippen LogP contribution in [0.1, 0.15) is 16.9 Å². The number of carbonyl (C=O) groups is 1. The quantitative estimate of drug-likeness (QED) is 0.776. The summed E-state index contributed by atoms with van der Waals surface area (Å²) in [6.45, 7) is -0.0771. The summed E-state index contributed by atoms with van der Waals surface area (Å²) in [4.78, 5) is 10.5. The number of hydrogen-bond donors (Lipinski definition) is 1. The highest BCUT2D eigenvalue weighted by molar-refractivity contribution is 5.85. The Morgan fingerprint density at radius 2 is 2.38 bits per heavy atom. The third-order valence-electron chi connectivity index (χ3n) is 1.49. The van der Waals surface area contributed by atoms with Crippen molar-refractivity contribution in [1.82, 2.24) is 9.78 Å². The molecule has 0 amide bonds. The molecule has 0 unspecified atom stereocenters. The molecule has 0 spiro atoms. The molecule has 13 heavy (non-hydrogen) atoms. The van der Waals surface area contributed by atoms with Crippen molar-refractivity contribution >= 4 is 5.97 Å². The highest BCUT2D eigenvalue weighted by Gasteiger charge is 2.11. The Balaban J connectivity index is 2.65. The fraction of sp³-hybridized carbons (Fsp3) is 0.429. The number of rotatable bonds is 4. The van der Waals surface area contributed by atoms with Crippen molar-refractivity contribution in [1.29, 1.82) is 0 Å². The zero-order valence-electron chi connectivity index (χ0n) is 6.65. The van der Waals surface area contributed by atoms with Gasteiger partial charge >= 0.3 is 5.97 Å². The molecule has 6 heteroatoms. The molecule has 0 saturated heterocycles. The molecule has 1 aromatic rings. The molecule has 0 bridgehead atoms. The fourth-order valence-corrected chi connectivity index (χ4v) is 0.912. The SMILES string of the molecule is O=C(O)c1ccnn1CCC(F)F. The van der Waals surface area contributed by atoms with E-state index in [1.807, 2.05) is 0 Å². The van der Waals surface area contributed by atoms with Crippen LogP contribution in [0.5, 0.6) is 0 Å². The average molecular weight is 190 g/mol. The first-order valence-corrected chi connectivity index (χ1v) is 3.64. The van der Waals surface area contributed by atoms with Crippen LogP contribution < -0.4 is 0 Å². The van der Waals surface area contributed by atoms with Gasteiger partial charge in [0, 0.05) is 19.2 Å². The number of aryl methyl sites for hydroxylation is 1. The maximum Gasteiger partial charge on any atom is 0.354 e. The van der Waals surface area contributed by atoms with Crippen molar-refractivity contribution in [3.8, 4) is 0 Å². The van der Waals surface area contributed by atoms with Crippen LogP contribution in [0.25, 0.3) is 0 Å². The van der Waals surface area contributed by atoms with E-state index in [0.29, 0.717) is 0 Å². The number of carboxylic acid groups (broad SMARTS) is 1. The molecule has 1 aromatic heterocycles. The van der Waals surface area contributed by atoms with Crippen LogP contribution in [-0.4, -0.2) is 27.3 Å². The highest BCUT2D eigenvalue weighted by atomic mass is 19.3. The number of aromatic nitrogens is 2. The fourth-order valence-electron chi connectivity index (χ4n) is 0.912. The summed E-state index contributed by atoms with van der Waals surface area (Å²) < 4.78 is 24.6. The van der Waals surface area contributed by atoms with Crippen molar-refractivity contribution in [2.75, 3.05) is 0 Å². The largest absolute Gasteiger partial charge is 0.477 e. The molecular formula is C7H8F2N2O2. The van der Waals surface area contributed by atoms with Crippen molar-refractivity contribution in [3.05, 3.63) is 18.0 Å². The molecule has 0 aliphatic heterocycles. The lowest BCUT2D eigenvalue weighted by atomic mass is 10.4. The van der Waals surface area contributed by atoms with Crippen LogP contribution in [0.15, 0.2) is 12.3 Å². The van der Waals surface area contributed by atoms with Crippen molar-refractivity contribution < 1.29 is 18.7 Å².